The third-order valence-electron chi connectivity index (χ3n) is 4.21. The molecule has 3 rings (SSSR count). The highest BCUT2D eigenvalue weighted by molar-refractivity contribution is 9.10. The molecule has 1 aromatic heterocycles. The molecule has 0 aliphatic rings. The first-order valence-electron chi connectivity index (χ1n) is 8.76. The van der Waals surface area contributed by atoms with Crippen LogP contribution in [0.1, 0.15) is 23.9 Å². The molecule has 1 heterocycles. The number of aromatic amines is 1. The zero-order chi connectivity index (χ0) is 21.0. The molecular weight excluding hydrogens is 483 g/mol. The van der Waals surface area contributed by atoms with Crippen molar-refractivity contribution in [3.8, 4) is 11.5 Å². The Bertz CT molecular complexity index is 1050. The molecule has 0 aliphatic heterocycles. The molecule has 0 fully saturated rings. The van der Waals surface area contributed by atoms with Crippen molar-refractivity contribution >= 4 is 39.7 Å². The second-order valence-electron chi connectivity index (χ2n) is 6.07. The lowest BCUT2D eigenvalue weighted by Gasteiger charge is -2.16. The molecule has 2 N–H and O–H groups in total. The molecule has 0 saturated heterocycles. The fraction of sp³-hybridized carbons (Fsp3) is 0.263. The monoisotopic (exact) mass is 500 g/mol. The van der Waals surface area contributed by atoms with Crippen LogP contribution in [0, 0.1) is 10.6 Å². The summed E-state index contributed by atoms with van der Waals surface area (Å²) in [6.07, 6.45) is 0.735. The molecule has 0 atom stereocenters. The largest absolute Gasteiger partial charge is 0.493 e. The number of nitrogens with zero attached hydrogens (tertiary/aromatic N) is 2. The minimum absolute atomic E-state index is 0.0257. The van der Waals surface area contributed by atoms with E-state index in [1.54, 1.807) is 23.9 Å². The Morgan fingerprint density at radius 3 is 2.86 bits per heavy atom. The summed E-state index contributed by atoms with van der Waals surface area (Å²) >= 11 is 14.8. The zero-order valence-electron chi connectivity index (χ0n) is 15.8. The van der Waals surface area contributed by atoms with Crippen molar-refractivity contribution in [1.29, 1.82) is 0 Å². The quantitative estimate of drug-likeness (QED) is 0.405. The lowest BCUT2D eigenvalue weighted by Crippen LogP contribution is -2.17. The summed E-state index contributed by atoms with van der Waals surface area (Å²) < 4.78 is 28.2. The average molecular weight is 502 g/mol. The Morgan fingerprint density at radius 1 is 1.38 bits per heavy atom. The van der Waals surface area contributed by atoms with Crippen LogP contribution in [0.3, 0.4) is 0 Å². The Kier molecular flexibility index (Phi) is 7.15. The maximum Gasteiger partial charge on any atom is 0.214 e. The molecule has 3 aromatic rings. The van der Waals surface area contributed by atoms with Gasteiger partial charge in [-0.25, -0.2) is 9.07 Å². The van der Waals surface area contributed by atoms with E-state index in [1.807, 2.05) is 19.1 Å². The van der Waals surface area contributed by atoms with Crippen molar-refractivity contribution in [2.75, 3.05) is 12.5 Å². The first-order valence-corrected chi connectivity index (χ1v) is 10.3. The molecule has 6 nitrogen and oxygen atoms in total. The number of aromatic nitrogens is 3. The molecule has 0 spiro atoms. The van der Waals surface area contributed by atoms with E-state index in [2.05, 4.69) is 31.6 Å². The average Bonchev–Trinajstić information content (AvgIpc) is 3.06. The number of hydrogen-bond acceptors (Lipinski definition) is 5. The molecular formula is C19H19BrClFN4O2S. The standard InChI is InChI=1S/C19H19BrClFN4O2S/c1-3-17-24-25-19(29)26(17)23-9-11-7-13(20)18(16(8-11)27-2)28-10-12-14(21)5-4-6-15(12)22/h4-8,23H,3,9-10H2,1-2H3,(H,25,29). The van der Waals surface area contributed by atoms with Gasteiger partial charge in [0.2, 0.25) is 4.77 Å². The molecule has 0 amide bonds. The lowest BCUT2D eigenvalue weighted by atomic mass is 10.2. The van der Waals surface area contributed by atoms with Gasteiger partial charge in [0, 0.05) is 12.0 Å². The minimum atomic E-state index is -0.419. The summed E-state index contributed by atoms with van der Waals surface area (Å²) in [5.41, 5.74) is 4.45. The van der Waals surface area contributed by atoms with Crippen molar-refractivity contribution in [3.05, 3.63) is 67.4 Å². The SMILES string of the molecule is CCc1n[nH]c(=S)n1NCc1cc(Br)c(OCc2c(F)cccc2Cl)c(OC)c1. The third-order valence-corrected chi connectivity index (χ3v) is 5.43. The van der Waals surface area contributed by atoms with Crippen molar-refractivity contribution in [2.45, 2.75) is 26.5 Å². The topological polar surface area (TPSA) is 64.1 Å². The van der Waals surface area contributed by atoms with Crippen LogP contribution in [-0.4, -0.2) is 22.0 Å². The highest BCUT2D eigenvalue weighted by atomic mass is 79.9. The van der Waals surface area contributed by atoms with Crippen LogP contribution >= 0.6 is 39.7 Å². The number of aryl methyl sites for hydroxylation is 1. The second kappa shape index (κ2) is 9.60. The van der Waals surface area contributed by atoms with Crippen molar-refractivity contribution in [2.24, 2.45) is 0 Å². The van der Waals surface area contributed by atoms with Crippen molar-refractivity contribution in [3.63, 3.8) is 0 Å². The fourth-order valence-electron chi connectivity index (χ4n) is 2.73. The summed E-state index contributed by atoms with van der Waals surface area (Å²) in [6.45, 7) is 2.45. The van der Waals surface area contributed by atoms with Crippen LogP contribution in [-0.2, 0) is 19.6 Å². The van der Waals surface area contributed by atoms with Gasteiger partial charge in [-0.3, -0.25) is 5.10 Å². The van der Waals surface area contributed by atoms with E-state index in [0.29, 0.717) is 32.3 Å². The first-order chi connectivity index (χ1) is 13.9. The number of benzene rings is 2. The number of ether oxygens (including phenoxy) is 2. The van der Waals surface area contributed by atoms with E-state index < -0.39 is 5.82 Å². The molecule has 0 unspecified atom stereocenters. The van der Waals surface area contributed by atoms with E-state index in [4.69, 9.17) is 33.3 Å². The number of rotatable bonds is 8. The molecule has 0 bridgehead atoms. The van der Waals surface area contributed by atoms with Crippen molar-refractivity contribution < 1.29 is 13.9 Å². The van der Waals surface area contributed by atoms with Gasteiger partial charge in [0.15, 0.2) is 17.3 Å². The third kappa shape index (κ3) is 4.91. The van der Waals surface area contributed by atoms with Gasteiger partial charge in [-0.05, 0) is 58.0 Å². The Labute approximate surface area is 186 Å². The summed E-state index contributed by atoms with van der Waals surface area (Å²) in [4.78, 5) is 0. The second-order valence-corrected chi connectivity index (χ2v) is 7.71. The maximum atomic E-state index is 14.0. The smallest absolute Gasteiger partial charge is 0.214 e. The Hall–Kier alpha value is -2.10. The van der Waals surface area contributed by atoms with Gasteiger partial charge in [0.05, 0.1) is 23.1 Å². The fourth-order valence-corrected chi connectivity index (χ4v) is 3.77. The number of H-pyrrole nitrogens is 1. The van der Waals surface area contributed by atoms with Gasteiger partial charge in [-0.2, -0.15) is 5.10 Å². The number of nitrogens with one attached hydrogen (secondary N) is 2. The predicted octanol–water partition coefficient (Wildman–Crippen LogP) is 5.39. The summed E-state index contributed by atoms with van der Waals surface area (Å²) in [5, 5.41) is 7.24. The summed E-state index contributed by atoms with van der Waals surface area (Å²) in [6, 6.07) is 8.25. The van der Waals surface area contributed by atoms with E-state index in [0.717, 1.165) is 17.8 Å². The maximum absolute atomic E-state index is 14.0. The van der Waals surface area contributed by atoms with Crippen LogP contribution in [0.25, 0.3) is 0 Å². The number of methoxy groups -OCH3 is 1. The Morgan fingerprint density at radius 2 is 2.17 bits per heavy atom. The van der Waals surface area contributed by atoms with Gasteiger partial charge in [-0.15, -0.1) is 0 Å². The minimum Gasteiger partial charge on any atom is -0.493 e. The van der Waals surface area contributed by atoms with E-state index in [-0.39, 0.29) is 12.2 Å². The lowest BCUT2D eigenvalue weighted by molar-refractivity contribution is 0.277. The predicted molar refractivity (Wildman–Crippen MR) is 116 cm³/mol. The van der Waals surface area contributed by atoms with Crippen LogP contribution in [0.2, 0.25) is 5.02 Å². The zero-order valence-corrected chi connectivity index (χ0v) is 18.9. The molecule has 0 radical (unpaired) electrons. The van der Waals surface area contributed by atoms with Gasteiger partial charge in [-0.1, -0.05) is 24.6 Å². The van der Waals surface area contributed by atoms with Crippen LogP contribution < -0.4 is 14.9 Å². The normalized spacial score (nSPS) is 10.8. The summed E-state index contributed by atoms with van der Waals surface area (Å²) in [7, 11) is 1.54. The van der Waals surface area contributed by atoms with Gasteiger partial charge in [0.1, 0.15) is 12.4 Å². The van der Waals surface area contributed by atoms with Crippen LogP contribution in [0.5, 0.6) is 11.5 Å². The van der Waals surface area contributed by atoms with E-state index >= 15 is 0 Å². The first kappa shape index (κ1) is 21.6. The van der Waals surface area contributed by atoms with E-state index in [1.165, 1.54) is 6.07 Å². The summed E-state index contributed by atoms with van der Waals surface area (Å²) in [5.74, 6) is 1.36. The molecule has 2 aromatic carbocycles. The number of halogens is 3. The Balaban J connectivity index is 1.78. The van der Waals surface area contributed by atoms with Crippen LogP contribution in [0.15, 0.2) is 34.8 Å². The molecule has 154 valence electrons. The van der Waals surface area contributed by atoms with Gasteiger partial charge in [0.25, 0.3) is 0 Å². The van der Waals surface area contributed by atoms with Crippen molar-refractivity contribution in [1.82, 2.24) is 14.9 Å². The van der Waals surface area contributed by atoms with Crippen LogP contribution in [0.4, 0.5) is 4.39 Å². The van der Waals surface area contributed by atoms with Gasteiger partial charge < -0.3 is 14.9 Å². The molecule has 29 heavy (non-hydrogen) atoms. The highest BCUT2D eigenvalue weighted by Crippen LogP contribution is 2.37. The molecule has 0 aliphatic carbocycles. The molecule has 0 saturated carbocycles. The highest BCUT2D eigenvalue weighted by Gasteiger charge is 2.15. The van der Waals surface area contributed by atoms with E-state index in [9.17, 15) is 4.39 Å². The van der Waals surface area contributed by atoms with Gasteiger partial charge >= 0.3 is 0 Å². The number of hydrogen-bond donors (Lipinski definition) is 2. The molecule has 10 heteroatoms.